The molecule has 0 aliphatic carbocycles. The topological polar surface area (TPSA) is 12.4 Å². The minimum atomic E-state index is -0.646. The van der Waals surface area contributed by atoms with Gasteiger partial charge in [0.2, 0.25) is 0 Å². The molecule has 26 heavy (non-hydrogen) atoms. The summed E-state index contributed by atoms with van der Waals surface area (Å²) in [6, 6.07) is 34.1. The van der Waals surface area contributed by atoms with Crippen molar-refractivity contribution in [1.82, 2.24) is 0 Å². The first-order valence-electron chi connectivity index (χ1n) is 8.49. The number of benzene rings is 3. The Bertz CT molecular complexity index is 940. The van der Waals surface area contributed by atoms with Gasteiger partial charge in [0.1, 0.15) is 0 Å². The molecule has 0 fully saturated rings. The monoisotopic (exact) mass is 371 g/mol. The summed E-state index contributed by atoms with van der Waals surface area (Å²) >= 11 is 1.71. The molecule has 0 aliphatic rings. The summed E-state index contributed by atoms with van der Waals surface area (Å²) in [6.07, 6.45) is 1.97. The molecule has 126 valence electrons. The van der Waals surface area contributed by atoms with Crippen LogP contribution in [0.15, 0.2) is 107 Å². The van der Waals surface area contributed by atoms with Crippen molar-refractivity contribution in [3.63, 3.8) is 0 Å². The van der Waals surface area contributed by atoms with E-state index in [9.17, 15) is 0 Å². The fraction of sp³-hybridized carbons (Fsp3) is 0. The lowest BCUT2D eigenvalue weighted by molar-refractivity contribution is 1.57. The van der Waals surface area contributed by atoms with Crippen LogP contribution in [0.25, 0.3) is 0 Å². The zero-order chi connectivity index (χ0) is 17.6. The zero-order valence-electron chi connectivity index (χ0n) is 14.2. The minimum Gasteiger partial charge on any atom is -0.255 e. The molecule has 3 heteroatoms. The summed E-state index contributed by atoms with van der Waals surface area (Å²) in [7, 11) is -0.646. The van der Waals surface area contributed by atoms with Crippen LogP contribution in [0, 0.1) is 0 Å². The van der Waals surface area contributed by atoms with Gasteiger partial charge in [-0.1, -0.05) is 84.9 Å². The van der Waals surface area contributed by atoms with Crippen molar-refractivity contribution in [1.29, 1.82) is 0 Å². The van der Waals surface area contributed by atoms with Crippen LogP contribution in [0.1, 0.15) is 4.88 Å². The molecule has 4 aromatic rings. The van der Waals surface area contributed by atoms with E-state index in [2.05, 4.69) is 102 Å². The van der Waals surface area contributed by atoms with Gasteiger partial charge in [0.05, 0.1) is 5.69 Å². The van der Waals surface area contributed by atoms with E-state index in [1.165, 1.54) is 20.8 Å². The second-order valence-electron chi connectivity index (χ2n) is 5.77. The van der Waals surface area contributed by atoms with E-state index in [0.29, 0.717) is 0 Å². The average molecular weight is 371 g/mol. The van der Waals surface area contributed by atoms with Gasteiger partial charge in [-0.05, 0) is 36.0 Å². The predicted octanol–water partition coefficient (Wildman–Crippen LogP) is 5.26. The third-order valence-corrected chi connectivity index (χ3v) is 7.32. The first-order valence-corrected chi connectivity index (χ1v) is 10.7. The molecular weight excluding hydrogens is 353 g/mol. The van der Waals surface area contributed by atoms with Crippen molar-refractivity contribution < 1.29 is 0 Å². The van der Waals surface area contributed by atoms with Gasteiger partial charge in [0.15, 0.2) is 0 Å². The highest BCUT2D eigenvalue weighted by atomic mass is 32.1. The van der Waals surface area contributed by atoms with Crippen LogP contribution in [0.4, 0.5) is 5.69 Å². The lowest BCUT2D eigenvalue weighted by Gasteiger charge is -2.20. The van der Waals surface area contributed by atoms with E-state index in [1.807, 2.05) is 6.21 Å². The third kappa shape index (κ3) is 3.83. The first kappa shape index (κ1) is 16.9. The summed E-state index contributed by atoms with van der Waals surface area (Å²) in [5, 5.41) is 6.04. The predicted molar refractivity (Wildman–Crippen MR) is 117 cm³/mol. The SMILES string of the molecule is C(=Nc1ccccc1P(c1ccccc1)c1ccccc1)c1cccs1. The summed E-state index contributed by atoms with van der Waals surface area (Å²) in [5.41, 5.74) is 1.04. The van der Waals surface area contributed by atoms with Crippen LogP contribution in [-0.2, 0) is 0 Å². The zero-order valence-corrected chi connectivity index (χ0v) is 15.9. The quantitative estimate of drug-likeness (QED) is 0.335. The van der Waals surface area contributed by atoms with Gasteiger partial charge >= 0.3 is 0 Å². The van der Waals surface area contributed by atoms with Gasteiger partial charge in [0, 0.05) is 16.4 Å². The molecule has 1 aromatic heterocycles. The molecule has 1 heterocycles. The van der Waals surface area contributed by atoms with Crippen LogP contribution in [0.3, 0.4) is 0 Å². The standard InChI is InChI=1S/C23H18NPS/c1-3-10-19(11-4-1)25(20-12-5-2-6-13-20)23-16-8-7-15-22(23)24-18-21-14-9-17-26-21/h1-18H. The highest BCUT2D eigenvalue weighted by Gasteiger charge is 2.18. The maximum Gasteiger partial charge on any atom is 0.0713 e. The number of nitrogens with zero attached hydrogens (tertiary/aromatic N) is 1. The van der Waals surface area contributed by atoms with Gasteiger partial charge < -0.3 is 0 Å². The Balaban J connectivity index is 1.82. The Labute approximate surface area is 159 Å². The van der Waals surface area contributed by atoms with Crippen LogP contribution in [0.5, 0.6) is 0 Å². The fourth-order valence-electron chi connectivity index (χ4n) is 2.84. The molecule has 1 nitrogen and oxygen atoms in total. The molecule has 0 N–H and O–H groups in total. The number of rotatable bonds is 5. The lowest BCUT2D eigenvalue weighted by Crippen LogP contribution is -2.20. The average Bonchev–Trinajstić information content (AvgIpc) is 3.23. The Kier molecular flexibility index (Phi) is 5.35. The number of aliphatic imine (C=N–C) groups is 1. The highest BCUT2D eigenvalue weighted by Crippen LogP contribution is 2.36. The highest BCUT2D eigenvalue weighted by molar-refractivity contribution is 7.80. The largest absolute Gasteiger partial charge is 0.255 e. The summed E-state index contributed by atoms with van der Waals surface area (Å²) in [5.74, 6) is 0. The molecule has 0 saturated carbocycles. The molecule has 0 atom stereocenters. The van der Waals surface area contributed by atoms with E-state index < -0.39 is 7.92 Å². The molecular formula is C23H18NPS. The second kappa shape index (κ2) is 8.23. The van der Waals surface area contributed by atoms with Gasteiger partial charge in [-0.2, -0.15) is 0 Å². The maximum atomic E-state index is 4.82. The van der Waals surface area contributed by atoms with Crippen LogP contribution in [-0.4, -0.2) is 6.21 Å². The van der Waals surface area contributed by atoms with Crippen LogP contribution in [0.2, 0.25) is 0 Å². The molecule has 3 aromatic carbocycles. The molecule has 0 saturated heterocycles. The molecule has 0 aliphatic heterocycles. The Morgan fingerprint density at radius 1 is 0.654 bits per heavy atom. The third-order valence-electron chi connectivity index (χ3n) is 4.03. The smallest absolute Gasteiger partial charge is 0.0713 e. The van der Waals surface area contributed by atoms with E-state index in [1.54, 1.807) is 11.3 Å². The van der Waals surface area contributed by atoms with E-state index in [-0.39, 0.29) is 0 Å². The molecule has 4 rings (SSSR count). The van der Waals surface area contributed by atoms with E-state index in [0.717, 1.165) is 5.69 Å². The molecule has 0 spiro atoms. The van der Waals surface area contributed by atoms with Crippen molar-refractivity contribution >= 4 is 47.1 Å². The normalized spacial score (nSPS) is 11.3. The Morgan fingerprint density at radius 3 is 1.88 bits per heavy atom. The molecule has 0 bridgehead atoms. The number of hydrogen-bond acceptors (Lipinski definition) is 2. The number of hydrogen-bond donors (Lipinski definition) is 0. The van der Waals surface area contributed by atoms with Gasteiger partial charge in [-0.25, -0.2) is 0 Å². The first-order chi connectivity index (χ1) is 12.9. The summed E-state index contributed by atoms with van der Waals surface area (Å²) in [4.78, 5) is 5.99. The van der Waals surface area contributed by atoms with Crippen molar-refractivity contribution in [3.05, 3.63) is 107 Å². The molecule has 0 radical (unpaired) electrons. The van der Waals surface area contributed by atoms with Crippen molar-refractivity contribution in [2.45, 2.75) is 0 Å². The lowest BCUT2D eigenvalue weighted by atomic mass is 10.3. The van der Waals surface area contributed by atoms with Gasteiger partial charge in [-0.15, -0.1) is 11.3 Å². The van der Waals surface area contributed by atoms with Gasteiger partial charge in [0.25, 0.3) is 0 Å². The molecule has 0 unspecified atom stereocenters. The Hall–Kier alpha value is -2.54. The van der Waals surface area contributed by atoms with Crippen molar-refractivity contribution in [2.75, 3.05) is 0 Å². The van der Waals surface area contributed by atoms with Gasteiger partial charge in [-0.3, -0.25) is 4.99 Å². The Morgan fingerprint density at radius 2 is 1.27 bits per heavy atom. The summed E-state index contributed by atoms with van der Waals surface area (Å²) < 4.78 is 0. The van der Waals surface area contributed by atoms with Crippen molar-refractivity contribution in [3.8, 4) is 0 Å². The minimum absolute atomic E-state index is 0.646. The van der Waals surface area contributed by atoms with Crippen LogP contribution >= 0.6 is 19.3 Å². The fourth-order valence-corrected chi connectivity index (χ4v) is 5.82. The van der Waals surface area contributed by atoms with Crippen molar-refractivity contribution in [2.24, 2.45) is 4.99 Å². The second-order valence-corrected chi connectivity index (χ2v) is 8.93. The van der Waals surface area contributed by atoms with Crippen LogP contribution < -0.4 is 15.9 Å². The van der Waals surface area contributed by atoms with E-state index in [4.69, 9.17) is 4.99 Å². The number of thiophene rings is 1. The summed E-state index contributed by atoms with van der Waals surface area (Å²) in [6.45, 7) is 0. The number of para-hydroxylation sites is 1. The maximum absolute atomic E-state index is 4.82. The van der Waals surface area contributed by atoms with E-state index >= 15 is 0 Å². The molecule has 0 amide bonds.